The molecule has 0 bridgehead atoms. The molecule has 11 heteroatoms. The van der Waals surface area contributed by atoms with Gasteiger partial charge in [0.1, 0.15) is 6.04 Å². The summed E-state index contributed by atoms with van der Waals surface area (Å²) in [4.78, 5) is 27.5. The molecule has 1 heterocycles. The molecule has 2 aromatic rings. The predicted molar refractivity (Wildman–Crippen MR) is 112 cm³/mol. The topological polar surface area (TPSA) is 145 Å². The Labute approximate surface area is 178 Å². The molecule has 0 radical (unpaired) electrons. The van der Waals surface area contributed by atoms with Gasteiger partial charge in [0.2, 0.25) is 5.96 Å². The molecule has 1 aliphatic heterocycles. The number of hydrogen-bond acceptors (Lipinski definition) is 8. The second-order valence-corrected chi connectivity index (χ2v) is 8.37. The lowest BCUT2D eigenvalue weighted by atomic mass is 9.95. The van der Waals surface area contributed by atoms with Crippen molar-refractivity contribution in [2.75, 3.05) is 6.61 Å². The third-order valence-electron chi connectivity index (χ3n) is 4.60. The minimum Gasteiger partial charge on any atom is -0.463 e. The van der Waals surface area contributed by atoms with Crippen molar-refractivity contribution < 1.29 is 22.9 Å². The van der Waals surface area contributed by atoms with E-state index in [9.17, 15) is 23.3 Å². The van der Waals surface area contributed by atoms with Crippen LogP contribution in [0.2, 0.25) is 0 Å². The van der Waals surface area contributed by atoms with Crippen molar-refractivity contribution in [3.8, 4) is 0 Å². The van der Waals surface area contributed by atoms with Gasteiger partial charge in [-0.2, -0.15) is 0 Å². The number of benzene rings is 2. The number of guanidine groups is 1. The minimum absolute atomic E-state index is 0.0436. The molecular weight excluding hydrogens is 424 g/mol. The molecule has 10 nitrogen and oxygen atoms in total. The van der Waals surface area contributed by atoms with E-state index in [1.807, 2.05) is 0 Å². The van der Waals surface area contributed by atoms with Gasteiger partial charge in [0.15, 0.2) is 0 Å². The lowest BCUT2D eigenvalue weighted by Gasteiger charge is -2.35. The Morgan fingerprint density at radius 1 is 1.23 bits per heavy atom. The Balaban J connectivity index is 2.28. The first kappa shape index (κ1) is 22.0. The molecule has 0 aromatic heterocycles. The van der Waals surface area contributed by atoms with Crippen LogP contribution in [0.5, 0.6) is 0 Å². The van der Waals surface area contributed by atoms with Gasteiger partial charge in [0.25, 0.3) is 15.7 Å². The second kappa shape index (κ2) is 8.56. The van der Waals surface area contributed by atoms with Crippen LogP contribution in [0.25, 0.3) is 0 Å². The Kier molecular flexibility index (Phi) is 6.07. The van der Waals surface area contributed by atoms with E-state index >= 15 is 0 Å². The molecule has 0 aliphatic carbocycles. The number of sulfonamides is 1. The molecule has 0 saturated heterocycles. The summed E-state index contributed by atoms with van der Waals surface area (Å²) in [5, 5.41) is 11.3. The van der Waals surface area contributed by atoms with Gasteiger partial charge in [-0.3, -0.25) is 10.1 Å². The van der Waals surface area contributed by atoms with Crippen LogP contribution in [0.3, 0.4) is 0 Å². The number of allylic oxidation sites excluding steroid dienone is 1. The summed E-state index contributed by atoms with van der Waals surface area (Å²) in [6.45, 7) is 3.15. The number of carbonyl (C=O) groups excluding carboxylic acids is 1. The number of carbonyl (C=O) groups is 1. The average Bonchev–Trinajstić information content (AvgIpc) is 2.73. The first-order valence-electron chi connectivity index (χ1n) is 9.24. The summed E-state index contributed by atoms with van der Waals surface area (Å²) in [7, 11) is -4.28. The number of ether oxygens (including phenoxy) is 1. The Hall–Kier alpha value is -3.73. The number of nitrogens with two attached hydrogens (primary N) is 1. The van der Waals surface area contributed by atoms with E-state index in [0.29, 0.717) is 0 Å². The van der Waals surface area contributed by atoms with Gasteiger partial charge in [-0.1, -0.05) is 30.3 Å². The Bertz CT molecular complexity index is 1190. The summed E-state index contributed by atoms with van der Waals surface area (Å²) < 4.78 is 32.9. The van der Waals surface area contributed by atoms with Crippen LogP contribution in [-0.2, 0) is 19.6 Å². The van der Waals surface area contributed by atoms with Crippen LogP contribution in [-0.4, -0.2) is 36.2 Å². The van der Waals surface area contributed by atoms with Crippen LogP contribution in [0.4, 0.5) is 5.69 Å². The van der Waals surface area contributed by atoms with Gasteiger partial charge in [0, 0.05) is 12.1 Å². The van der Waals surface area contributed by atoms with Crippen LogP contribution >= 0.6 is 0 Å². The summed E-state index contributed by atoms with van der Waals surface area (Å²) in [6.07, 6.45) is 0. The zero-order valence-corrected chi connectivity index (χ0v) is 17.6. The standard InChI is InChI=1S/C20H20N4O6S/c1-3-30-19(25)17-13(2)22-20(21)23(31(28,29)16-10-5-4-6-11-16)18(17)14-8-7-9-15(12-14)24(26)27/h4-12,18H,3H2,1-2H3,(H2,21,22). The molecule has 1 aliphatic rings. The first-order valence-corrected chi connectivity index (χ1v) is 10.7. The summed E-state index contributed by atoms with van der Waals surface area (Å²) in [5.41, 5.74) is 6.03. The number of nitrogens with zero attached hydrogens (tertiary/aromatic N) is 3. The van der Waals surface area contributed by atoms with Crippen molar-refractivity contribution in [2.24, 2.45) is 10.7 Å². The van der Waals surface area contributed by atoms with Gasteiger partial charge >= 0.3 is 5.97 Å². The number of nitro benzene ring substituents is 1. The van der Waals surface area contributed by atoms with Gasteiger partial charge in [-0.15, -0.1) is 0 Å². The number of nitro groups is 1. The van der Waals surface area contributed by atoms with E-state index in [1.165, 1.54) is 43.3 Å². The third kappa shape index (κ3) is 4.12. The summed E-state index contributed by atoms with van der Waals surface area (Å²) >= 11 is 0. The quantitative estimate of drug-likeness (QED) is 0.409. The Morgan fingerprint density at radius 2 is 1.90 bits per heavy atom. The highest BCUT2D eigenvalue weighted by Crippen LogP contribution is 2.39. The van der Waals surface area contributed by atoms with Crippen molar-refractivity contribution in [2.45, 2.75) is 24.8 Å². The highest BCUT2D eigenvalue weighted by molar-refractivity contribution is 7.89. The average molecular weight is 444 g/mol. The van der Waals surface area contributed by atoms with Crippen LogP contribution in [0.15, 0.2) is 75.8 Å². The van der Waals surface area contributed by atoms with Gasteiger partial charge in [-0.25, -0.2) is 22.5 Å². The summed E-state index contributed by atoms with van der Waals surface area (Å²) in [6, 6.07) is 11.5. The molecule has 3 rings (SSSR count). The molecule has 0 spiro atoms. The zero-order chi connectivity index (χ0) is 22.8. The van der Waals surface area contributed by atoms with E-state index in [2.05, 4.69) is 4.99 Å². The number of non-ortho nitro benzene ring substituents is 1. The molecule has 2 aromatic carbocycles. The molecule has 1 unspecified atom stereocenters. The van der Waals surface area contributed by atoms with Crippen molar-refractivity contribution >= 4 is 27.6 Å². The molecule has 0 saturated carbocycles. The third-order valence-corrected chi connectivity index (χ3v) is 6.38. The first-order chi connectivity index (χ1) is 14.7. The predicted octanol–water partition coefficient (Wildman–Crippen LogP) is 2.49. The van der Waals surface area contributed by atoms with E-state index < -0.39 is 27.0 Å². The van der Waals surface area contributed by atoms with Crippen molar-refractivity contribution in [3.63, 3.8) is 0 Å². The van der Waals surface area contributed by atoms with Crippen LogP contribution in [0.1, 0.15) is 25.5 Å². The maximum absolute atomic E-state index is 13.5. The highest BCUT2D eigenvalue weighted by atomic mass is 32.2. The number of hydrogen-bond donors (Lipinski definition) is 1. The number of esters is 1. The monoisotopic (exact) mass is 444 g/mol. The lowest BCUT2D eigenvalue weighted by Crippen LogP contribution is -2.48. The molecule has 2 N–H and O–H groups in total. The van der Waals surface area contributed by atoms with Crippen LogP contribution in [0, 0.1) is 10.1 Å². The van der Waals surface area contributed by atoms with E-state index in [-0.39, 0.29) is 40.0 Å². The molecule has 31 heavy (non-hydrogen) atoms. The number of aliphatic imine (C=N–C) groups is 1. The molecule has 0 fully saturated rings. The molecule has 0 amide bonds. The Morgan fingerprint density at radius 3 is 2.52 bits per heavy atom. The van der Waals surface area contributed by atoms with E-state index in [1.54, 1.807) is 25.1 Å². The second-order valence-electron chi connectivity index (χ2n) is 6.56. The largest absolute Gasteiger partial charge is 0.463 e. The fraction of sp³-hybridized carbons (Fsp3) is 0.200. The van der Waals surface area contributed by atoms with Crippen molar-refractivity contribution in [1.29, 1.82) is 0 Å². The normalized spacial score (nSPS) is 16.6. The lowest BCUT2D eigenvalue weighted by molar-refractivity contribution is -0.384. The molecular formula is C20H20N4O6S. The van der Waals surface area contributed by atoms with Gasteiger partial charge in [-0.05, 0) is 31.5 Å². The van der Waals surface area contributed by atoms with E-state index in [0.717, 1.165) is 4.31 Å². The van der Waals surface area contributed by atoms with Crippen molar-refractivity contribution in [1.82, 2.24) is 4.31 Å². The number of rotatable bonds is 6. The van der Waals surface area contributed by atoms with E-state index in [4.69, 9.17) is 10.5 Å². The SMILES string of the molecule is CCOC(=O)C1=C(C)N=C(N)N(S(=O)(=O)c2ccccc2)C1c1cccc([N+](=O)[O-])c1. The minimum atomic E-state index is -4.28. The molecule has 162 valence electrons. The zero-order valence-electron chi connectivity index (χ0n) is 16.8. The van der Waals surface area contributed by atoms with Crippen molar-refractivity contribution in [3.05, 3.63) is 81.5 Å². The fourth-order valence-electron chi connectivity index (χ4n) is 3.28. The maximum atomic E-state index is 13.5. The summed E-state index contributed by atoms with van der Waals surface area (Å²) in [5.74, 6) is -1.16. The molecule has 1 atom stereocenters. The van der Waals surface area contributed by atoms with Crippen LogP contribution < -0.4 is 5.73 Å². The highest BCUT2D eigenvalue weighted by Gasteiger charge is 2.43. The van der Waals surface area contributed by atoms with Gasteiger partial charge in [0.05, 0.1) is 27.7 Å². The van der Waals surface area contributed by atoms with Gasteiger partial charge < -0.3 is 10.5 Å². The smallest absolute Gasteiger partial charge is 0.338 e. The fourth-order valence-corrected chi connectivity index (χ4v) is 4.80. The maximum Gasteiger partial charge on any atom is 0.338 e.